The summed E-state index contributed by atoms with van der Waals surface area (Å²) in [7, 11) is 0. The summed E-state index contributed by atoms with van der Waals surface area (Å²) in [6.07, 6.45) is 12.6. The molecule has 0 radical (unpaired) electrons. The average Bonchev–Trinajstić information content (AvgIpc) is 3.12. The van der Waals surface area contributed by atoms with E-state index in [1.807, 2.05) is 6.20 Å². The molecular weight excluding hydrogens is 308 g/mol. The first-order valence-corrected chi connectivity index (χ1v) is 10.1. The summed E-state index contributed by atoms with van der Waals surface area (Å²) in [6.45, 7) is 3.31. The normalized spacial score (nSPS) is 21.3. The maximum atomic E-state index is 6.30. The minimum absolute atomic E-state index is 0.316. The number of oxazole rings is 1. The van der Waals surface area contributed by atoms with Crippen molar-refractivity contribution in [2.75, 3.05) is 13.1 Å². The molecular formula is C22H30N2O. The van der Waals surface area contributed by atoms with E-state index in [9.17, 15) is 0 Å². The molecule has 2 aliphatic rings. The predicted molar refractivity (Wildman–Crippen MR) is 100 cm³/mol. The number of piperidine rings is 1. The van der Waals surface area contributed by atoms with Gasteiger partial charge in [0, 0.05) is 0 Å². The third-order valence-electron chi connectivity index (χ3n) is 5.95. The molecule has 1 aliphatic carbocycles. The lowest BCUT2D eigenvalue weighted by Gasteiger charge is -2.28. The molecule has 0 spiro atoms. The Morgan fingerprint density at radius 1 is 0.960 bits per heavy atom. The van der Waals surface area contributed by atoms with Gasteiger partial charge in [0.05, 0.1) is 18.7 Å². The molecule has 134 valence electrons. The SMILES string of the molecule is c1ccc(C(c2ncc(CN3CCCCC3)o2)C2CCCCC2)cc1. The van der Waals surface area contributed by atoms with Crippen LogP contribution in [-0.2, 0) is 6.54 Å². The zero-order chi connectivity index (χ0) is 16.9. The summed E-state index contributed by atoms with van der Waals surface area (Å²) in [4.78, 5) is 7.25. The van der Waals surface area contributed by atoms with Crippen molar-refractivity contribution in [3.63, 3.8) is 0 Å². The van der Waals surface area contributed by atoms with E-state index in [0.717, 1.165) is 18.2 Å². The van der Waals surface area contributed by atoms with Crippen LogP contribution in [0.15, 0.2) is 40.9 Å². The summed E-state index contributed by atoms with van der Waals surface area (Å²) in [6, 6.07) is 10.9. The number of nitrogens with zero attached hydrogens (tertiary/aromatic N) is 2. The predicted octanol–water partition coefficient (Wildman–Crippen LogP) is 5.37. The van der Waals surface area contributed by atoms with Crippen molar-refractivity contribution in [3.05, 3.63) is 53.7 Å². The van der Waals surface area contributed by atoms with E-state index >= 15 is 0 Å². The Morgan fingerprint density at radius 2 is 1.68 bits per heavy atom. The largest absolute Gasteiger partial charge is 0.444 e. The monoisotopic (exact) mass is 338 g/mol. The second-order valence-electron chi connectivity index (χ2n) is 7.79. The molecule has 3 nitrogen and oxygen atoms in total. The van der Waals surface area contributed by atoms with Gasteiger partial charge in [-0.15, -0.1) is 0 Å². The molecule has 2 aromatic rings. The Kier molecular flexibility index (Phi) is 5.51. The number of aromatic nitrogens is 1. The van der Waals surface area contributed by atoms with E-state index in [2.05, 4.69) is 35.2 Å². The van der Waals surface area contributed by atoms with Crippen LogP contribution >= 0.6 is 0 Å². The van der Waals surface area contributed by atoms with Crippen LogP contribution in [0.1, 0.15) is 74.5 Å². The minimum Gasteiger partial charge on any atom is -0.444 e. The Morgan fingerprint density at radius 3 is 2.44 bits per heavy atom. The van der Waals surface area contributed by atoms with E-state index < -0.39 is 0 Å². The number of rotatable bonds is 5. The molecule has 1 aromatic carbocycles. The van der Waals surface area contributed by atoms with Crippen molar-refractivity contribution in [2.45, 2.75) is 63.8 Å². The summed E-state index contributed by atoms with van der Waals surface area (Å²) in [5, 5.41) is 0. The zero-order valence-electron chi connectivity index (χ0n) is 15.2. The standard InChI is InChI=1S/C22H30N2O/c1-4-10-18(11-5-1)21(19-12-6-2-7-13-19)22-23-16-20(25-22)17-24-14-8-3-9-15-24/h1,4-5,10-11,16,19,21H,2-3,6-9,12-15,17H2. The average molecular weight is 338 g/mol. The van der Waals surface area contributed by atoms with Gasteiger partial charge in [-0.3, -0.25) is 4.90 Å². The highest BCUT2D eigenvalue weighted by Gasteiger charge is 2.30. The molecule has 0 amide bonds. The van der Waals surface area contributed by atoms with Gasteiger partial charge in [0.1, 0.15) is 5.76 Å². The smallest absolute Gasteiger partial charge is 0.202 e. The van der Waals surface area contributed by atoms with Crippen LogP contribution < -0.4 is 0 Å². The lowest BCUT2D eigenvalue weighted by Crippen LogP contribution is -2.28. The van der Waals surface area contributed by atoms with Gasteiger partial charge in [-0.05, 0) is 50.3 Å². The van der Waals surface area contributed by atoms with E-state index in [0.29, 0.717) is 11.8 Å². The Labute approximate surface area is 151 Å². The Hall–Kier alpha value is -1.61. The maximum Gasteiger partial charge on any atom is 0.202 e. The van der Waals surface area contributed by atoms with Gasteiger partial charge in [-0.25, -0.2) is 4.98 Å². The van der Waals surface area contributed by atoms with Gasteiger partial charge < -0.3 is 4.42 Å². The summed E-state index contributed by atoms with van der Waals surface area (Å²) in [5.74, 6) is 2.95. The van der Waals surface area contributed by atoms with E-state index in [-0.39, 0.29) is 0 Å². The lowest BCUT2D eigenvalue weighted by molar-refractivity contribution is 0.200. The topological polar surface area (TPSA) is 29.3 Å². The molecule has 3 heteroatoms. The molecule has 0 N–H and O–H groups in total. The van der Waals surface area contributed by atoms with Crippen molar-refractivity contribution in [1.82, 2.24) is 9.88 Å². The third kappa shape index (κ3) is 4.14. The molecule has 2 heterocycles. The van der Waals surface area contributed by atoms with Crippen molar-refractivity contribution >= 4 is 0 Å². The molecule has 0 bridgehead atoms. The number of hydrogen-bond donors (Lipinski definition) is 0. The summed E-state index contributed by atoms with van der Waals surface area (Å²) < 4.78 is 6.30. The van der Waals surface area contributed by atoms with Gasteiger partial charge in [-0.2, -0.15) is 0 Å². The van der Waals surface area contributed by atoms with Gasteiger partial charge >= 0.3 is 0 Å². The second-order valence-corrected chi connectivity index (χ2v) is 7.79. The van der Waals surface area contributed by atoms with Crippen molar-refractivity contribution in [2.24, 2.45) is 5.92 Å². The lowest BCUT2D eigenvalue weighted by atomic mass is 9.77. The van der Waals surface area contributed by atoms with Gasteiger partial charge in [0.2, 0.25) is 5.89 Å². The fourth-order valence-corrected chi connectivity index (χ4v) is 4.62. The first-order chi connectivity index (χ1) is 12.4. The Balaban J connectivity index is 1.54. The maximum absolute atomic E-state index is 6.30. The van der Waals surface area contributed by atoms with Crippen molar-refractivity contribution < 1.29 is 4.42 Å². The van der Waals surface area contributed by atoms with Crippen LogP contribution in [0.5, 0.6) is 0 Å². The van der Waals surface area contributed by atoms with E-state index in [1.54, 1.807) is 0 Å². The van der Waals surface area contributed by atoms with Gasteiger partial charge in [-0.1, -0.05) is 56.0 Å². The number of benzene rings is 1. The second kappa shape index (κ2) is 8.18. The third-order valence-corrected chi connectivity index (χ3v) is 5.95. The summed E-state index contributed by atoms with van der Waals surface area (Å²) >= 11 is 0. The summed E-state index contributed by atoms with van der Waals surface area (Å²) in [5.41, 5.74) is 1.36. The molecule has 1 aromatic heterocycles. The first-order valence-electron chi connectivity index (χ1n) is 10.1. The molecule has 1 atom stereocenters. The van der Waals surface area contributed by atoms with Crippen LogP contribution in [-0.4, -0.2) is 23.0 Å². The van der Waals surface area contributed by atoms with Crippen LogP contribution in [0.4, 0.5) is 0 Å². The fourth-order valence-electron chi connectivity index (χ4n) is 4.62. The van der Waals surface area contributed by atoms with E-state index in [4.69, 9.17) is 9.40 Å². The van der Waals surface area contributed by atoms with Gasteiger partial charge in [0.15, 0.2) is 0 Å². The van der Waals surface area contributed by atoms with Crippen LogP contribution in [0, 0.1) is 5.92 Å². The number of likely N-dealkylation sites (tertiary alicyclic amines) is 1. The Bertz CT molecular complexity index is 639. The highest BCUT2D eigenvalue weighted by Crippen LogP contribution is 2.40. The first kappa shape index (κ1) is 16.8. The molecule has 25 heavy (non-hydrogen) atoms. The highest BCUT2D eigenvalue weighted by atomic mass is 16.4. The molecule has 1 unspecified atom stereocenters. The number of hydrogen-bond acceptors (Lipinski definition) is 3. The van der Waals surface area contributed by atoms with Gasteiger partial charge in [0.25, 0.3) is 0 Å². The molecule has 4 rings (SSSR count). The fraction of sp³-hybridized carbons (Fsp3) is 0.591. The van der Waals surface area contributed by atoms with Crippen LogP contribution in [0.25, 0.3) is 0 Å². The van der Waals surface area contributed by atoms with Crippen molar-refractivity contribution in [1.29, 1.82) is 0 Å². The zero-order valence-corrected chi connectivity index (χ0v) is 15.2. The minimum atomic E-state index is 0.316. The highest BCUT2D eigenvalue weighted by molar-refractivity contribution is 5.26. The van der Waals surface area contributed by atoms with Crippen LogP contribution in [0.3, 0.4) is 0 Å². The molecule has 1 saturated carbocycles. The molecule has 2 fully saturated rings. The van der Waals surface area contributed by atoms with Crippen molar-refractivity contribution in [3.8, 4) is 0 Å². The quantitative estimate of drug-likeness (QED) is 0.733. The molecule has 1 saturated heterocycles. The molecule has 1 aliphatic heterocycles. The van der Waals surface area contributed by atoms with Crippen LogP contribution in [0.2, 0.25) is 0 Å². The van der Waals surface area contributed by atoms with E-state index in [1.165, 1.54) is 70.0 Å².